The third-order valence-electron chi connectivity index (χ3n) is 0.537. The summed E-state index contributed by atoms with van der Waals surface area (Å²) in [5.74, 6) is 0. The second-order valence-electron chi connectivity index (χ2n) is 1.23. The lowest BCUT2D eigenvalue weighted by Crippen LogP contribution is -1.92. The number of rotatable bonds is 1. The van der Waals surface area contributed by atoms with Crippen LogP contribution >= 0.6 is 0 Å². The molecule has 0 heterocycles. The standard InChI is InChI=1S/C5H8N2/c1-5(3-6)4-7-2/h4,7H,1-2H3/b5-4+. The van der Waals surface area contributed by atoms with Gasteiger partial charge in [0.15, 0.2) is 0 Å². The van der Waals surface area contributed by atoms with Crippen LogP contribution in [0.5, 0.6) is 0 Å². The molecule has 0 saturated heterocycles. The van der Waals surface area contributed by atoms with E-state index in [-0.39, 0.29) is 0 Å². The minimum atomic E-state index is 0.697. The Kier molecular flexibility index (Phi) is 2.78. The molecule has 0 saturated carbocycles. The van der Waals surface area contributed by atoms with Gasteiger partial charge in [0.05, 0.1) is 6.07 Å². The maximum Gasteiger partial charge on any atom is 0.0959 e. The molecule has 7 heavy (non-hydrogen) atoms. The highest BCUT2D eigenvalue weighted by atomic mass is 14.8. The topological polar surface area (TPSA) is 35.8 Å². The van der Waals surface area contributed by atoms with Crippen molar-refractivity contribution in [1.82, 2.24) is 5.32 Å². The highest BCUT2D eigenvalue weighted by Gasteiger charge is 1.75. The van der Waals surface area contributed by atoms with Gasteiger partial charge in [-0.25, -0.2) is 0 Å². The summed E-state index contributed by atoms with van der Waals surface area (Å²) in [7, 11) is 1.76. The van der Waals surface area contributed by atoms with Crippen molar-refractivity contribution in [3.05, 3.63) is 11.8 Å². The quantitative estimate of drug-likeness (QED) is 0.486. The lowest BCUT2D eigenvalue weighted by Gasteiger charge is -1.82. The van der Waals surface area contributed by atoms with Crippen LogP contribution in [-0.2, 0) is 0 Å². The molecule has 0 aliphatic carbocycles. The summed E-state index contributed by atoms with van der Waals surface area (Å²) in [5.41, 5.74) is 0.697. The molecule has 0 aromatic rings. The summed E-state index contributed by atoms with van der Waals surface area (Å²) in [6, 6.07) is 1.96. The van der Waals surface area contributed by atoms with Crippen LogP contribution in [0.25, 0.3) is 0 Å². The van der Waals surface area contributed by atoms with E-state index in [1.807, 2.05) is 6.07 Å². The molecule has 0 aromatic carbocycles. The van der Waals surface area contributed by atoms with Crippen LogP contribution in [0.15, 0.2) is 11.8 Å². The smallest absolute Gasteiger partial charge is 0.0959 e. The Bertz CT molecular complexity index is 108. The highest BCUT2D eigenvalue weighted by molar-refractivity contribution is 5.15. The fraction of sp³-hybridized carbons (Fsp3) is 0.400. The Morgan fingerprint density at radius 2 is 2.43 bits per heavy atom. The van der Waals surface area contributed by atoms with Crippen molar-refractivity contribution < 1.29 is 0 Å². The number of nitriles is 1. The van der Waals surface area contributed by atoms with Crippen LogP contribution in [0.1, 0.15) is 6.92 Å². The molecule has 0 atom stereocenters. The molecule has 0 amide bonds. The third kappa shape index (κ3) is 2.84. The van der Waals surface area contributed by atoms with Crippen LogP contribution in [0.2, 0.25) is 0 Å². The molecule has 0 fully saturated rings. The molecule has 0 unspecified atom stereocenters. The first kappa shape index (κ1) is 6.03. The molecule has 0 radical (unpaired) electrons. The van der Waals surface area contributed by atoms with E-state index in [0.29, 0.717) is 5.57 Å². The number of hydrogen-bond acceptors (Lipinski definition) is 2. The lowest BCUT2D eigenvalue weighted by molar-refractivity contribution is 1.08. The number of allylic oxidation sites excluding steroid dienone is 1. The summed E-state index contributed by atoms with van der Waals surface area (Å²) in [6.07, 6.45) is 1.65. The largest absolute Gasteiger partial charge is 0.393 e. The summed E-state index contributed by atoms with van der Waals surface area (Å²) in [6.45, 7) is 1.75. The molecule has 38 valence electrons. The molecule has 1 N–H and O–H groups in total. The van der Waals surface area contributed by atoms with Gasteiger partial charge in [0.1, 0.15) is 0 Å². The van der Waals surface area contributed by atoms with Gasteiger partial charge in [-0.05, 0) is 6.92 Å². The Morgan fingerprint density at radius 3 is 2.57 bits per heavy atom. The third-order valence-corrected chi connectivity index (χ3v) is 0.537. The van der Waals surface area contributed by atoms with E-state index in [1.165, 1.54) is 0 Å². The van der Waals surface area contributed by atoms with E-state index >= 15 is 0 Å². The molecule has 0 aliphatic heterocycles. The van der Waals surface area contributed by atoms with Gasteiger partial charge < -0.3 is 5.32 Å². The van der Waals surface area contributed by atoms with E-state index in [2.05, 4.69) is 5.32 Å². The summed E-state index contributed by atoms with van der Waals surface area (Å²) in [4.78, 5) is 0. The monoisotopic (exact) mass is 96.1 g/mol. The predicted octanol–water partition coefficient (Wildman–Crippen LogP) is 0.633. The zero-order valence-electron chi connectivity index (χ0n) is 4.52. The van der Waals surface area contributed by atoms with Gasteiger partial charge in [0, 0.05) is 18.8 Å². The molecule has 0 bridgehead atoms. The fourth-order valence-corrected chi connectivity index (χ4v) is 0.249. The molecule has 0 rings (SSSR count). The van der Waals surface area contributed by atoms with Gasteiger partial charge in [-0.3, -0.25) is 0 Å². The fourth-order valence-electron chi connectivity index (χ4n) is 0.249. The van der Waals surface area contributed by atoms with Gasteiger partial charge >= 0.3 is 0 Å². The Balaban J connectivity index is 3.57. The SMILES string of the molecule is CN/C=C(\C)C#N. The number of hydrogen-bond donors (Lipinski definition) is 1. The van der Waals surface area contributed by atoms with Crippen LogP contribution in [0.3, 0.4) is 0 Å². The first-order chi connectivity index (χ1) is 3.31. The molecule has 2 heteroatoms. The van der Waals surface area contributed by atoms with Crippen molar-refractivity contribution >= 4 is 0 Å². The lowest BCUT2D eigenvalue weighted by atomic mass is 10.4. The van der Waals surface area contributed by atoms with Crippen LogP contribution in [-0.4, -0.2) is 7.05 Å². The van der Waals surface area contributed by atoms with Crippen molar-refractivity contribution in [2.24, 2.45) is 0 Å². The summed E-state index contributed by atoms with van der Waals surface area (Å²) >= 11 is 0. The van der Waals surface area contributed by atoms with E-state index in [1.54, 1.807) is 20.2 Å². The summed E-state index contributed by atoms with van der Waals surface area (Å²) in [5, 5.41) is 10.8. The predicted molar refractivity (Wildman–Crippen MR) is 28.4 cm³/mol. The second kappa shape index (κ2) is 3.23. The van der Waals surface area contributed by atoms with Crippen molar-refractivity contribution in [1.29, 1.82) is 5.26 Å². The molecule has 2 nitrogen and oxygen atoms in total. The minimum absolute atomic E-state index is 0.697. The average molecular weight is 96.1 g/mol. The Morgan fingerprint density at radius 1 is 1.86 bits per heavy atom. The average Bonchev–Trinajstić information content (AvgIpc) is 1.68. The maximum atomic E-state index is 8.11. The summed E-state index contributed by atoms with van der Waals surface area (Å²) < 4.78 is 0. The molecular weight excluding hydrogens is 88.1 g/mol. The normalized spacial score (nSPS) is 10.1. The van der Waals surface area contributed by atoms with Crippen molar-refractivity contribution in [2.45, 2.75) is 6.92 Å². The van der Waals surface area contributed by atoms with E-state index < -0.39 is 0 Å². The van der Waals surface area contributed by atoms with E-state index in [4.69, 9.17) is 5.26 Å². The van der Waals surface area contributed by atoms with E-state index in [0.717, 1.165) is 0 Å². The van der Waals surface area contributed by atoms with Crippen molar-refractivity contribution in [3.63, 3.8) is 0 Å². The van der Waals surface area contributed by atoms with Gasteiger partial charge in [-0.2, -0.15) is 5.26 Å². The molecule has 0 aliphatic rings. The highest BCUT2D eigenvalue weighted by Crippen LogP contribution is 1.81. The molecule has 0 aromatic heterocycles. The van der Waals surface area contributed by atoms with Gasteiger partial charge in [-0.1, -0.05) is 0 Å². The van der Waals surface area contributed by atoms with Crippen LogP contribution < -0.4 is 5.32 Å². The molecule has 0 spiro atoms. The second-order valence-corrected chi connectivity index (χ2v) is 1.23. The zero-order chi connectivity index (χ0) is 5.70. The van der Waals surface area contributed by atoms with Crippen molar-refractivity contribution in [2.75, 3.05) is 7.05 Å². The zero-order valence-corrected chi connectivity index (χ0v) is 4.52. The van der Waals surface area contributed by atoms with E-state index in [9.17, 15) is 0 Å². The Labute approximate surface area is 43.5 Å². The first-order valence-corrected chi connectivity index (χ1v) is 2.05. The number of nitrogens with zero attached hydrogens (tertiary/aromatic N) is 1. The van der Waals surface area contributed by atoms with Crippen molar-refractivity contribution in [3.8, 4) is 6.07 Å². The molecular formula is C5H8N2. The maximum absolute atomic E-state index is 8.11. The Hall–Kier alpha value is -0.970. The minimum Gasteiger partial charge on any atom is -0.393 e. The van der Waals surface area contributed by atoms with Gasteiger partial charge in [0.25, 0.3) is 0 Å². The number of nitrogens with one attached hydrogen (secondary N) is 1. The van der Waals surface area contributed by atoms with Gasteiger partial charge in [0.2, 0.25) is 0 Å². The van der Waals surface area contributed by atoms with Crippen LogP contribution in [0.4, 0.5) is 0 Å². The van der Waals surface area contributed by atoms with Gasteiger partial charge in [-0.15, -0.1) is 0 Å². The van der Waals surface area contributed by atoms with Crippen LogP contribution in [0, 0.1) is 11.3 Å². The first-order valence-electron chi connectivity index (χ1n) is 2.05.